The van der Waals surface area contributed by atoms with Gasteiger partial charge in [0.15, 0.2) is 0 Å². The van der Waals surface area contributed by atoms with Gasteiger partial charge in [-0.1, -0.05) is 40.9 Å². The molecule has 2 aliphatic rings. The molecule has 0 atom stereocenters. The van der Waals surface area contributed by atoms with Crippen molar-refractivity contribution in [3.05, 3.63) is 67.3 Å². The summed E-state index contributed by atoms with van der Waals surface area (Å²) in [7, 11) is 0. The number of benzene rings is 2. The van der Waals surface area contributed by atoms with E-state index in [1.165, 1.54) is 25.0 Å². The second kappa shape index (κ2) is 10.2. The smallest absolute Gasteiger partial charge is 0.302 e. The summed E-state index contributed by atoms with van der Waals surface area (Å²) in [6.07, 6.45) is 4.12. The molecule has 5 rings (SSSR count). The van der Waals surface area contributed by atoms with Gasteiger partial charge >= 0.3 is 5.69 Å². The van der Waals surface area contributed by atoms with Crippen LogP contribution in [0.2, 0.25) is 15.1 Å². The minimum Gasteiger partial charge on any atom is -0.302 e. The summed E-state index contributed by atoms with van der Waals surface area (Å²) in [4.78, 5) is 18.3. The molecule has 1 aromatic heterocycles. The molecule has 0 radical (unpaired) electrons. The molecule has 3 heterocycles. The molecule has 0 bridgehead atoms. The van der Waals surface area contributed by atoms with Gasteiger partial charge < -0.3 is 4.90 Å². The van der Waals surface area contributed by atoms with Gasteiger partial charge in [0.1, 0.15) is 5.82 Å². The maximum absolute atomic E-state index is 13.6. The van der Waals surface area contributed by atoms with Gasteiger partial charge in [-0.2, -0.15) is 0 Å². The van der Waals surface area contributed by atoms with E-state index in [2.05, 4.69) is 9.80 Å². The van der Waals surface area contributed by atoms with Crippen molar-refractivity contribution in [3.63, 3.8) is 0 Å². The largest absolute Gasteiger partial charge is 0.329 e. The van der Waals surface area contributed by atoms with E-state index in [0.29, 0.717) is 28.2 Å². The number of rotatable bonds is 6. The normalized spacial score (nSPS) is 18.4. The van der Waals surface area contributed by atoms with Gasteiger partial charge in [0.2, 0.25) is 0 Å². The van der Waals surface area contributed by atoms with Gasteiger partial charge in [0.25, 0.3) is 0 Å². The quantitative estimate of drug-likeness (QED) is 0.406. The highest BCUT2D eigenvalue weighted by Gasteiger charge is 2.26. The Hall–Kier alpha value is -1.57. The lowest BCUT2D eigenvalue weighted by atomic mass is 10.0. The van der Waals surface area contributed by atoms with E-state index < -0.39 is 0 Å². The average Bonchev–Trinajstić information content (AvgIpc) is 3.41. The van der Waals surface area contributed by atoms with Crippen molar-refractivity contribution < 1.29 is 4.39 Å². The number of likely N-dealkylation sites (tertiary alicyclic amines) is 2. The highest BCUT2D eigenvalue weighted by molar-refractivity contribution is 6.42. The molecule has 5 nitrogen and oxygen atoms in total. The number of aromatic nitrogens is 2. The van der Waals surface area contributed by atoms with Crippen LogP contribution in [0.3, 0.4) is 0 Å². The van der Waals surface area contributed by atoms with Gasteiger partial charge in [0, 0.05) is 43.8 Å². The summed E-state index contributed by atoms with van der Waals surface area (Å²) in [5.74, 6) is -0.327. The molecule has 182 valence electrons. The molecule has 34 heavy (non-hydrogen) atoms. The van der Waals surface area contributed by atoms with Crippen LogP contribution in [0.5, 0.6) is 0 Å². The third-order valence-corrected chi connectivity index (χ3v) is 8.25. The molecule has 0 spiro atoms. The van der Waals surface area contributed by atoms with E-state index >= 15 is 0 Å². The second-order valence-corrected chi connectivity index (χ2v) is 10.6. The summed E-state index contributed by atoms with van der Waals surface area (Å²) in [5.41, 5.74) is 2.62. The highest BCUT2D eigenvalue weighted by Crippen LogP contribution is 2.32. The highest BCUT2D eigenvalue weighted by atomic mass is 35.5. The number of imidazole rings is 1. The zero-order chi connectivity index (χ0) is 23.8. The molecule has 0 unspecified atom stereocenters. The minimum absolute atomic E-state index is 0.00700. The summed E-state index contributed by atoms with van der Waals surface area (Å²) in [5, 5.41) is 1.38. The van der Waals surface area contributed by atoms with Crippen LogP contribution >= 0.6 is 34.8 Å². The van der Waals surface area contributed by atoms with Crippen LogP contribution in [-0.2, 0) is 13.1 Å². The fourth-order valence-electron chi connectivity index (χ4n) is 5.31. The first-order valence-corrected chi connectivity index (χ1v) is 13.0. The Morgan fingerprint density at radius 2 is 1.50 bits per heavy atom. The van der Waals surface area contributed by atoms with Crippen molar-refractivity contribution in [1.29, 1.82) is 0 Å². The summed E-state index contributed by atoms with van der Waals surface area (Å²) < 4.78 is 17.2. The zero-order valence-electron chi connectivity index (χ0n) is 19.0. The Morgan fingerprint density at radius 1 is 0.824 bits per heavy atom. The van der Waals surface area contributed by atoms with E-state index in [1.54, 1.807) is 6.07 Å². The zero-order valence-corrected chi connectivity index (χ0v) is 21.2. The minimum atomic E-state index is -0.327. The first-order valence-electron chi connectivity index (χ1n) is 11.9. The monoisotopic (exact) mass is 524 g/mol. The molecule has 9 heteroatoms. The van der Waals surface area contributed by atoms with E-state index in [0.717, 1.165) is 62.2 Å². The topological polar surface area (TPSA) is 33.4 Å². The van der Waals surface area contributed by atoms with Gasteiger partial charge in [-0.15, -0.1) is 0 Å². The number of nitrogens with zero attached hydrogens (tertiary/aromatic N) is 4. The van der Waals surface area contributed by atoms with Gasteiger partial charge in [-0.05, 0) is 68.6 Å². The molecule has 3 aromatic rings. The molecule has 2 aromatic carbocycles. The third-order valence-electron chi connectivity index (χ3n) is 7.17. The third kappa shape index (κ3) is 4.89. The van der Waals surface area contributed by atoms with Crippen LogP contribution in [0.25, 0.3) is 11.0 Å². The van der Waals surface area contributed by atoms with Gasteiger partial charge in [0.05, 0.1) is 21.1 Å². The maximum Gasteiger partial charge on any atom is 0.329 e. The number of fused-ring (bicyclic) bond motifs is 1. The fraction of sp³-hybridized carbons (Fsp3) is 0.480. The first kappa shape index (κ1) is 24.1. The molecule has 0 saturated carbocycles. The number of halogens is 4. The molecule has 2 aliphatic heterocycles. The molecule has 0 amide bonds. The van der Waals surface area contributed by atoms with Gasteiger partial charge in [-0.3, -0.25) is 14.0 Å². The molecule has 0 aliphatic carbocycles. The van der Waals surface area contributed by atoms with Crippen LogP contribution < -0.4 is 5.69 Å². The van der Waals surface area contributed by atoms with Crippen LogP contribution in [0.1, 0.15) is 37.3 Å². The Balaban J connectivity index is 1.37. The van der Waals surface area contributed by atoms with Crippen LogP contribution in [0.4, 0.5) is 4.39 Å². The molecule has 0 N–H and O–H groups in total. The predicted octanol–water partition coefficient (Wildman–Crippen LogP) is 5.84. The molecular weight excluding hydrogens is 498 g/mol. The summed E-state index contributed by atoms with van der Waals surface area (Å²) >= 11 is 18.9. The number of piperidine rings is 1. The average molecular weight is 526 g/mol. The SMILES string of the molecule is O=c1n(CCN2CCCC2)c2cc(Cl)c(Cl)cc2n1C1CCN(Cc2ccc(F)cc2Cl)CC1. The van der Waals surface area contributed by atoms with Crippen LogP contribution in [0, 0.1) is 5.82 Å². The fourth-order valence-corrected chi connectivity index (χ4v) is 5.86. The van der Waals surface area contributed by atoms with Crippen molar-refractivity contribution in [1.82, 2.24) is 18.9 Å². The Bertz CT molecular complexity index is 1240. The van der Waals surface area contributed by atoms with E-state index in [9.17, 15) is 9.18 Å². The van der Waals surface area contributed by atoms with E-state index in [4.69, 9.17) is 34.8 Å². The lowest BCUT2D eigenvalue weighted by molar-refractivity contribution is 0.179. The number of hydrogen-bond donors (Lipinski definition) is 0. The standard InChI is InChI=1S/C25H28Cl3FN4O/c26-20-13-18(29)4-3-17(20)16-31-9-5-19(6-10-31)33-24-15-22(28)21(27)14-23(24)32(25(33)34)12-11-30-7-1-2-8-30/h3-4,13-15,19H,1-2,5-12,16H2. The first-order chi connectivity index (χ1) is 16.4. The van der Waals surface area contributed by atoms with Gasteiger partial charge in [-0.25, -0.2) is 9.18 Å². The lowest BCUT2D eigenvalue weighted by Crippen LogP contribution is -2.38. The van der Waals surface area contributed by atoms with Crippen molar-refractivity contribution in [2.24, 2.45) is 0 Å². The van der Waals surface area contributed by atoms with E-state index in [-0.39, 0.29) is 17.5 Å². The van der Waals surface area contributed by atoms with Crippen LogP contribution in [0.15, 0.2) is 35.1 Å². The van der Waals surface area contributed by atoms with Crippen LogP contribution in [-0.4, -0.2) is 51.7 Å². The lowest BCUT2D eigenvalue weighted by Gasteiger charge is -2.32. The second-order valence-electron chi connectivity index (χ2n) is 9.35. The molecule has 2 saturated heterocycles. The Labute approximate surface area is 213 Å². The van der Waals surface area contributed by atoms with Crippen molar-refractivity contribution in [2.45, 2.75) is 44.8 Å². The molecular formula is C25H28Cl3FN4O. The van der Waals surface area contributed by atoms with Crippen molar-refractivity contribution >= 4 is 45.8 Å². The van der Waals surface area contributed by atoms with Crippen molar-refractivity contribution in [3.8, 4) is 0 Å². The Morgan fingerprint density at radius 3 is 2.18 bits per heavy atom. The Kier molecular flexibility index (Phi) is 7.24. The summed E-state index contributed by atoms with van der Waals surface area (Å²) in [6, 6.07) is 8.28. The molecule has 2 fully saturated rings. The van der Waals surface area contributed by atoms with Crippen molar-refractivity contribution in [2.75, 3.05) is 32.7 Å². The maximum atomic E-state index is 13.6. The summed E-state index contributed by atoms with van der Waals surface area (Å²) in [6.45, 7) is 6.00. The van der Waals surface area contributed by atoms with E-state index in [1.807, 2.05) is 21.3 Å². The predicted molar refractivity (Wildman–Crippen MR) is 137 cm³/mol. The number of hydrogen-bond acceptors (Lipinski definition) is 3.